The second-order valence-electron chi connectivity index (χ2n) is 6.03. The zero-order valence-electron chi connectivity index (χ0n) is 13.8. The molecule has 2 aromatic rings. The lowest BCUT2D eigenvalue weighted by Gasteiger charge is -2.16. The highest BCUT2D eigenvalue weighted by molar-refractivity contribution is 5.87. The number of hydrogen-bond acceptors (Lipinski definition) is 4. The van der Waals surface area contributed by atoms with Gasteiger partial charge in [-0.2, -0.15) is 0 Å². The highest BCUT2D eigenvalue weighted by atomic mass is 16.5. The monoisotopic (exact) mass is 315 g/mol. The lowest BCUT2D eigenvalue weighted by atomic mass is 10.0. The maximum absolute atomic E-state index is 12.4. The van der Waals surface area contributed by atoms with E-state index in [1.54, 1.807) is 7.11 Å². The van der Waals surface area contributed by atoms with Crippen molar-refractivity contribution in [3.8, 4) is 5.75 Å². The van der Waals surface area contributed by atoms with E-state index >= 15 is 0 Å². The lowest BCUT2D eigenvalue weighted by Crippen LogP contribution is -2.31. The van der Waals surface area contributed by atoms with Crippen LogP contribution >= 0.6 is 0 Å². The van der Waals surface area contributed by atoms with E-state index in [1.807, 2.05) is 30.9 Å². The van der Waals surface area contributed by atoms with E-state index in [2.05, 4.69) is 0 Å². The first-order valence-corrected chi connectivity index (χ1v) is 7.90. The molecule has 1 aliphatic rings. The molecule has 122 valence electrons. The fourth-order valence-electron chi connectivity index (χ4n) is 3.23. The van der Waals surface area contributed by atoms with Crippen molar-refractivity contribution in [3.05, 3.63) is 39.2 Å². The van der Waals surface area contributed by atoms with Crippen LogP contribution in [0.25, 0.3) is 11.0 Å². The number of carbonyl (C=O) groups excluding carboxylic acids is 1. The predicted molar refractivity (Wildman–Crippen MR) is 88.0 cm³/mol. The molecular formula is C18H21NO4. The van der Waals surface area contributed by atoms with Crippen molar-refractivity contribution in [2.24, 2.45) is 0 Å². The van der Waals surface area contributed by atoms with Gasteiger partial charge in [0.05, 0.1) is 19.1 Å². The van der Waals surface area contributed by atoms with Crippen molar-refractivity contribution in [2.75, 3.05) is 20.2 Å². The highest BCUT2D eigenvalue weighted by Crippen LogP contribution is 2.29. The Bertz CT molecular complexity index is 816. The predicted octanol–water partition coefficient (Wildman–Crippen LogP) is 2.58. The zero-order valence-corrected chi connectivity index (χ0v) is 13.8. The molecule has 0 bridgehead atoms. The van der Waals surface area contributed by atoms with Gasteiger partial charge in [-0.1, -0.05) is 0 Å². The molecule has 0 atom stereocenters. The molecule has 1 saturated heterocycles. The minimum Gasteiger partial charge on any atom is -0.496 e. The van der Waals surface area contributed by atoms with Gasteiger partial charge < -0.3 is 14.1 Å². The van der Waals surface area contributed by atoms with Crippen molar-refractivity contribution in [1.29, 1.82) is 0 Å². The molecular weight excluding hydrogens is 294 g/mol. The molecule has 5 heteroatoms. The van der Waals surface area contributed by atoms with E-state index in [-0.39, 0.29) is 12.3 Å². The summed E-state index contributed by atoms with van der Waals surface area (Å²) in [7, 11) is 1.59. The average Bonchev–Trinajstić information content (AvgIpc) is 3.07. The Hall–Kier alpha value is -2.30. The van der Waals surface area contributed by atoms with Gasteiger partial charge >= 0.3 is 5.63 Å². The van der Waals surface area contributed by atoms with Crippen LogP contribution in [0.4, 0.5) is 0 Å². The van der Waals surface area contributed by atoms with Crippen LogP contribution in [0.15, 0.2) is 21.3 Å². The molecule has 0 unspecified atom stereocenters. The van der Waals surface area contributed by atoms with Crippen molar-refractivity contribution in [2.45, 2.75) is 33.1 Å². The summed E-state index contributed by atoms with van der Waals surface area (Å²) in [5.74, 6) is 0.684. The number of carbonyl (C=O) groups is 1. The smallest absolute Gasteiger partial charge is 0.340 e. The second-order valence-corrected chi connectivity index (χ2v) is 6.03. The third-order valence-corrected chi connectivity index (χ3v) is 4.66. The molecule has 0 N–H and O–H groups in total. The third kappa shape index (κ3) is 2.71. The Kier molecular flexibility index (Phi) is 4.11. The summed E-state index contributed by atoms with van der Waals surface area (Å²) >= 11 is 0. The molecule has 23 heavy (non-hydrogen) atoms. The largest absolute Gasteiger partial charge is 0.496 e. The highest BCUT2D eigenvalue weighted by Gasteiger charge is 2.22. The third-order valence-electron chi connectivity index (χ3n) is 4.66. The molecule has 0 aliphatic carbocycles. The number of fused-ring (bicyclic) bond motifs is 1. The van der Waals surface area contributed by atoms with E-state index < -0.39 is 5.63 Å². The van der Waals surface area contributed by atoms with Gasteiger partial charge in [0, 0.05) is 24.0 Å². The van der Waals surface area contributed by atoms with Crippen LogP contribution in [0.2, 0.25) is 0 Å². The van der Waals surface area contributed by atoms with Crippen molar-refractivity contribution in [3.63, 3.8) is 0 Å². The van der Waals surface area contributed by atoms with E-state index in [9.17, 15) is 9.59 Å². The summed E-state index contributed by atoms with van der Waals surface area (Å²) in [6.45, 7) is 5.30. The topological polar surface area (TPSA) is 59.8 Å². The first kappa shape index (κ1) is 15.6. The van der Waals surface area contributed by atoms with Gasteiger partial charge in [-0.3, -0.25) is 4.79 Å². The number of benzene rings is 1. The van der Waals surface area contributed by atoms with Crippen LogP contribution in [0.1, 0.15) is 29.5 Å². The van der Waals surface area contributed by atoms with Gasteiger partial charge in [-0.05, 0) is 44.4 Å². The van der Waals surface area contributed by atoms with Gasteiger partial charge in [-0.15, -0.1) is 0 Å². The Morgan fingerprint density at radius 2 is 1.91 bits per heavy atom. The molecule has 0 saturated carbocycles. The SMILES string of the molecule is COc1ccc2c(C)c(CC(=O)N3CCCC3)c(=O)oc2c1C. The fourth-order valence-corrected chi connectivity index (χ4v) is 3.23. The Morgan fingerprint density at radius 1 is 1.22 bits per heavy atom. The number of aryl methyl sites for hydroxylation is 2. The van der Waals surface area contributed by atoms with Crippen LogP contribution in [-0.4, -0.2) is 31.0 Å². The number of likely N-dealkylation sites (tertiary alicyclic amines) is 1. The number of amides is 1. The Morgan fingerprint density at radius 3 is 2.57 bits per heavy atom. The number of rotatable bonds is 3. The summed E-state index contributed by atoms with van der Waals surface area (Å²) in [4.78, 5) is 26.5. The molecule has 1 aromatic heterocycles. The zero-order chi connectivity index (χ0) is 16.6. The maximum atomic E-state index is 12.4. The molecule has 3 rings (SSSR count). The maximum Gasteiger partial charge on any atom is 0.340 e. The molecule has 1 fully saturated rings. The Labute approximate surface area is 134 Å². The van der Waals surface area contributed by atoms with Crippen LogP contribution < -0.4 is 10.4 Å². The van der Waals surface area contributed by atoms with Crippen LogP contribution in [0.3, 0.4) is 0 Å². The van der Waals surface area contributed by atoms with Crippen LogP contribution in [0.5, 0.6) is 5.75 Å². The van der Waals surface area contributed by atoms with Crippen molar-refractivity contribution in [1.82, 2.24) is 4.90 Å². The van der Waals surface area contributed by atoms with Gasteiger partial charge in [-0.25, -0.2) is 4.79 Å². The minimum atomic E-state index is -0.432. The molecule has 1 amide bonds. The minimum absolute atomic E-state index is 0.00230. The molecule has 2 heterocycles. The quantitative estimate of drug-likeness (QED) is 0.817. The lowest BCUT2D eigenvalue weighted by molar-refractivity contribution is -0.129. The molecule has 5 nitrogen and oxygen atoms in total. The summed E-state index contributed by atoms with van der Waals surface area (Å²) < 4.78 is 10.8. The van der Waals surface area contributed by atoms with E-state index in [1.165, 1.54) is 0 Å². The summed E-state index contributed by atoms with van der Waals surface area (Å²) in [6.07, 6.45) is 2.18. The van der Waals surface area contributed by atoms with E-state index in [4.69, 9.17) is 9.15 Å². The van der Waals surface area contributed by atoms with E-state index in [0.29, 0.717) is 16.9 Å². The summed E-state index contributed by atoms with van der Waals surface area (Å²) in [5.41, 5.74) is 2.17. The standard InChI is InChI=1S/C18H21NO4/c1-11-13-6-7-15(22-3)12(2)17(13)23-18(21)14(11)10-16(20)19-8-4-5-9-19/h6-7H,4-5,8-10H2,1-3H3. The van der Waals surface area contributed by atoms with Gasteiger partial charge in [0.25, 0.3) is 0 Å². The van der Waals surface area contributed by atoms with E-state index in [0.717, 1.165) is 42.4 Å². The van der Waals surface area contributed by atoms with Gasteiger partial charge in [0.15, 0.2) is 0 Å². The fraction of sp³-hybridized carbons (Fsp3) is 0.444. The molecule has 1 aliphatic heterocycles. The van der Waals surface area contributed by atoms with Crippen molar-refractivity contribution >= 4 is 16.9 Å². The summed E-state index contributed by atoms with van der Waals surface area (Å²) in [5, 5.41) is 0.854. The first-order valence-electron chi connectivity index (χ1n) is 7.90. The van der Waals surface area contributed by atoms with Gasteiger partial charge in [0.2, 0.25) is 5.91 Å². The van der Waals surface area contributed by atoms with Gasteiger partial charge in [0.1, 0.15) is 11.3 Å². The van der Waals surface area contributed by atoms with Crippen molar-refractivity contribution < 1.29 is 13.9 Å². The second kappa shape index (κ2) is 6.07. The molecule has 0 radical (unpaired) electrons. The van der Waals surface area contributed by atoms with Crippen LogP contribution in [0, 0.1) is 13.8 Å². The number of ether oxygens (including phenoxy) is 1. The number of methoxy groups -OCH3 is 1. The molecule has 0 spiro atoms. The summed E-state index contributed by atoms with van der Waals surface area (Å²) in [6, 6.07) is 3.74. The number of hydrogen-bond donors (Lipinski definition) is 0. The molecule has 1 aromatic carbocycles. The Balaban J connectivity index is 2.05. The average molecular weight is 315 g/mol. The number of nitrogens with zero attached hydrogens (tertiary/aromatic N) is 1. The first-order chi connectivity index (χ1) is 11.0. The normalized spacial score (nSPS) is 14.5. The van der Waals surface area contributed by atoms with Crippen LogP contribution in [-0.2, 0) is 11.2 Å².